The number of hydrogen-bond acceptors (Lipinski definition) is 4. The molecule has 0 bridgehead atoms. The Kier molecular flexibility index (Phi) is 4.05. The van der Waals surface area contributed by atoms with E-state index < -0.39 is 0 Å². The van der Waals surface area contributed by atoms with E-state index >= 15 is 0 Å². The van der Waals surface area contributed by atoms with E-state index in [2.05, 4.69) is 10.3 Å². The maximum atomic E-state index is 11.4. The molecule has 1 amide bonds. The fraction of sp³-hybridized carbons (Fsp3) is 0.667. The Morgan fingerprint density at radius 2 is 2.50 bits per heavy atom. The van der Waals surface area contributed by atoms with E-state index in [0.717, 1.165) is 0 Å². The van der Waals surface area contributed by atoms with Crippen molar-refractivity contribution in [3.05, 3.63) is 0 Å². The van der Waals surface area contributed by atoms with Gasteiger partial charge in [-0.15, -0.1) is 0 Å². The van der Waals surface area contributed by atoms with Crippen LogP contribution >= 0.6 is 11.8 Å². The van der Waals surface area contributed by atoms with E-state index in [4.69, 9.17) is 5.11 Å². The number of amidine groups is 1. The van der Waals surface area contributed by atoms with Gasteiger partial charge >= 0.3 is 106 Å². The van der Waals surface area contributed by atoms with Gasteiger partial charge < -0.3 is 0 Å². The van der Waals surface area contributed by atoms with E-state index in [1.807, 2.05) is 0 Å². The Bertz CT molecular complexity index is 234. The number of thioether (sulfide) groups is 1. The van der Waals surface area contributed by atoms with Gasteiger partial charge in [0.05, 0.1) is 0 Å². The topological polar surface area (TPSA) is 61.7 Å². The average Bonchev–Trinajstić information content (AvgIpc) is 2.29. The number of hydrogen-bond donors (Lipinski definition) is 2. The van der Waals surface area contributed by atoms with Crippen LogP contribution in [0.2, 0.25) is 0 Å². The van der Waals surface area contributed by atoms with Crippen molar-refractivity contribution in [1.29, 1.82) is 0 Å². The minimum absolute atomic E-state index is 0.0130. The van der Waals surface area contributed by atoms with E-state index in [9.17, 15) is 4.79 Å². The van der Waals surface area contributed by atoms with E-state index in [1.165, 1.54) is 11.8 Å². The van der Waals surface area contributed by atoms with Gasteiger partial charge in [-0.2, -0.15) is 0 Å². The number of carbonyl (C=O) groups is 1. The Morgan fingerprint density at radius 1 is 1.83 bits per heavy atom. The van der Waals surface area contributed by atoms with Gasteiger partial charge in [0.2, 0.25) is 0 Å². The number of aliphatic hydroxyl groups is 1. The molecular weight excluding hydrogens is 390 g/mol. The van der Waals surface area contributed by atoms with Gasteiger partial charge in [-0.25, -0.2) is 0 Å². The van der Waals surface area contributed by atoms with Crippen LogP contribution < -0.4 is 5.32 Å². The van der Waals surface area contributed by atoms with Gasteiger partial charge in [0.1, 0.15) is 0 Å². The van der Waals surface area contributed by atoms with Crippen molar-refractivity contribution in [3.8, 4) is 0 Å². The summed E-state index contributed by atoms with van der Waals surface area (Å²) in [5, 5.41) is 12.3. The van der Waals surface area contributed by atoms with E-state index in [-0.39, 0.29) is 55.1 Å². The van der Waals surface area contributed by atoms with Crippen LogP contribution in [0, 0.1) is 42.8 Å². The van der Waals surface area contributed by atoms with E-state index in [0.29, 0.717) is 11.6 Å². The molecule has 0 aromatic carbocycles. The van der Waals surface area contributed by atoms with Gasteiger partial charge in [0, 0.05) is 0 Å². The number of nitrogens with one attached hydrogen (secondary N) is 1. The summed E-state index contributed by atoms with van der Waals surface area (Å²) in [6.45, 7) is 0.0730. The summed E-state index contributed by atoms with van der Waals surface area (Å²) in [5.74, 6) is -0.0592. The molecule has 1 atom stereocenters. The van der Waals surface area contributed by atoms with Gasteiger partial charge in [-0.05, 0) is 0 Å². The molecule has 1 unspecified atom stereocenters. The van der Waals surface area contributed by atoms with Crippen molar-refractivity contribution < 1.29 is 52.7 Å². The molecule has 1 rings (SSSR count). The molecule has 0 fully saturated rings. The molecule has 64 valence electrons. The SMILES string of the molecule is CNC1=NC(=O)[C]([RaH])(CCO)S1. The summed E-state index contributed by atoms with van der Waals surface area (Å²) in [5.41, 5.74) is 0. The molecule has 0 aromatic rings. The first-order valence-corrected chi connectivity index (χ1v) is 8.66. The molecule has 0 aromatic heterocycles. The molecule has 0 aliphatic carbocycles. The summed E-state index contributed by atoms with van der Waals surface area (Å²) < 4.78 is -0.333. The van der Waals surface area contributed by atoms with Crippen molar-refractivity contribution in [3.63, 3.8) is 0 Å². The van der Waals surface area contributed by atoms with Crippen molar-refractivity contribution in [2.45, 2.75) is 6.21 Å². The normalized spacial score (nSPS) is 28.8. The second kappa shape index (κ2) is 4.42. The minimum atomic E-state index is -0.333. The van der Waals surface area contributed by atoms with Crippen LogP contribution in [0.4, 0.5) is 0 Å². The van der Waals surface area contributed by atoms with Crippen LogP contribution in [0.25, 0.3) is 0 Å². The molecule has 1 heterocycles. The summed E-state index contributed by atoms with van der Waals surface area (Å²) in [6, 6.07) is 0. The van der Waals surface area contributed by atoms with Crippen LogP contribution in [-0.4, -0.2) is 29.6 Å². The zero-order valence-corrected chi connectivity index (χ0v) is 16.2. The first-order valence-electron chi connectivity index (χ1n) is 3.73. The third kappa shape index (κ3) is 2.24. The summed E-state index contributed by atoms with van der Waals surface area (Å²) >= 11 is 1.49. The molecular formula is C6H10N2O2RaS. The third-order valence-electron chi connectivity index (χ3n) is 1.78. The molecule has 4 nitrogen and oxygen atoms in total. The fourth-order valence-corrected chi connectivity index (χ4v) is 5.71. The predicted molar refractivity (Wildman–Crippen MR) is 44.9 cm³/mol. The Hall–Kier alpha value is 0.918. The van der Waals surface area contributed by atoms with Crippen LogP contribution in [0.1, 0.15) is 6.42 Å². The first-order chi connectivity index (χ1) is 5.62. The van der Waals surface area contributed by atoms with Crippen LogP contribution in [0.15, 0.2) is 4.99 Å². The van der Waals surface area contributed by atoms with Gasteiger partial charge in [-0.3, -0.25) is 0 Å². The summed E-state index contributed by atoms with van der Waals surface area (Å²) in [4.78, 5) is 15.2. The van der Waals surface area contributed by atoms with E-state index in [1.54, 1.807) is 7.05 Å². The Labute approximate surface area is 104 Å². The maximum absolute atomic E-state index is 11.4. The number of aliphatic imine (C=N–C) groups is 1. The number of rotatable bonds is 2. The molecule has 0 saturated heterocycles. The number of carbonyl (C=O) groups excluding carboxylic acids is 1. The van der Waals surface area contributed by atoms with Crippen molar-refractivity contribution in [1.82, 2.24) is 5.32 Å². The van der Waals surface area contributed by atoms with Crippen molar-refractivity contribution in [2.24, 2.45) is 4.99 Å². The monoisotopic (exact) mass is 400 g/mol. The summed E-state index contributed by atoms with van der Waals surface area (Å²) in [6.07, 6.45) is 0.552. The second-order valence-corrected chi connectivity index (χ2v) is 14.3. The Balaban J connectivity index is 2.69. The van der Waals surface area contributed by atoms with Gasteiger partial charge in [0.25, 0.3) is 0 Å². The molecule has 6 heteroatoms. The van der Waals surface area contributed by atoms with Crippen molar-refractivity contribution in [2.75, 3.05) is 13.7 Å². The van der Waals surface area contributed by atoms with Gasteiger partial charge in [0.15, 0.2) is 0 Å². The third-order valence-corrected chi connectivity index (χ3v) is 9.43. The van der Waals surface area contributed by atoms with Crippen LogP contribution in [0.3, 0.4) is 0 Å². The first kappa shape index (κ1) is 11.0. The average molecular weight is 400 g/mol. The van der Waals surface area contributed by atoms with Crippen LogP contribution in [-0.2, 0) is 4.79 Å². The fourth-order valence-electron chi connectivity index (χ4n) is 0.969. The zero-order valence-electron chi connectivity index (χ0n) is 7.13. The van der Waals surface area contributed by atoms with Crippen LogP contribution in [0.5, 0.6) is 0 Å². The number of aliphatic hydroxyl groups excluding tert-OH is 1. The van der Waals surface area contributed by atoms with Crippen molar-refractivity contribution >= 4 is 22.8 Å². The summed E-state index contributed by atoms with van der Waals surface area (Å²) in [7, 11) is 1.75. The molecule has 0 radical (unpaired) electrons. The van der Waals surface area contributed by atoms with Gasteiger partial charge in [-0.1, -0.05) is 0 Å². The standard InChI is InChI=1S/C6H9N2O2S.Ra.H/c1-7-6-8-5(10)4(11-6)2-3-9;;/h9H,2-3H2,1H3,(H,7,8,10);;. The molecule has 0 saturated carbocycles. The molecule has 2 N–H and O–H groups in total. The predicted octanol–water partition coefficient (Wildman–Crippen LogP) is -0.805. The molecule has 12 heavy (non-hydrogen) atoms. The number of nitrogens with zero attached hydrogens (tertiary/aromatic N) is 1. The Morgan fingerprint density at radius 3 is 2.92 bits per heavy atom. The molecule has 1 aliphatic heterocycles. The number of amides is 1. The second-order valence-electron chi connectivity index (χ2n) is 2.78. The molecule has 0 spiro atoms. The quantitative estimate of drug-likeness (QED) is 0.637. The molecule has 1 aliphatic rings. The zero-order chi connectivity index (χ0) is 9.19.